The van der Waals surface area contributed by atoms with Gasteiger partial charge in [0.1, 0.15) is 5.75 Å². The van der Waals surface area contributed by atoms with Crippen molar-refractivity contribution in [2.45, 2.75) is 5.75 Å². The molecule has 0 bridgehead atoms. The molecule has 0 saturated carbocycles. The van der Waals surface area contributed by atoms with Gasteiger partial charge in [0.25, 0.3) is 0 Å². The van der Waals surface area contributed by atoms with Crippen LogP contribution in [0.2, 0.25) is 0 Å². The lowest BCUT2D eigenvalue weighted by Gasteiger charge is -2.04. The SMILES string of the molecule is c1ccc(OCCSCc2nnc(-c3ccc4cc[nH]c4c3)o2)cc1. The summed E-state index contributed by atoms with van der Waals surface area (Å²) >= 11 is 1.71. The normalized spacial score (nSPS) is 11.0. The Labute approximate surface area is 149 Å². The minimum absolute atomic E-state index is 0.549. The zero-order chi connectivity index (χ0) is 16.9. The lowest BCUT2D eigenvalue weighted by molar-refractivity contribution is 0.344. The fourth-order valence-electron chi connectivity index (χ4n) is 2.50. The third kappa shape index (κ3) is 3.85. The zero-order valence-electron chi connectivity index (χ0n) is 13.5. The van der Waals surface area contributed by atoms with Crippen molar-refractivity contribution in [2.75, 3.05) is 12.4 Å². The van der Waals surface area contributed by atoms with E-state index in [1.807, 2.05) is 60.8 Å². The second-order valence-electron chi connectivity index (χ2n) is 5.49. The van der Waals surface area contributed by atoms with Crippen LogP contribution in [0.5, 0.6) is 5.75 Å². The molecule has 0 amide bonds. The monoisotopic (exact) mass is 351 g/mol. The summed E-state index contributed by atoms with van der Waals surface area (Å²) in [6.45, 7) is 0.652. The van der Waals surface area contributed by atoms with E-state index in [0.717, 1.165) is 28.0 Å². The van der Waals surface area contributed by atoms with Crippen molar-refractivity contribution in [1.29, 1.82) is 0 Å². The average Bonchev–Trinajstić information content (AvgIpc) is 3.31. The number of para-hydroxylation sites is 1. The number of thioether (sulfide) groups is 1. The van der Waals surface area contributed by atoms with Gasteiger partial charge in [0.15, 0.2) is 0 Å². The molecule has 0 atom stereocenters. The Morgan fingerprint density at radius 3 is 2.88 bits per heavy atom. The third-order valence-corrected chi connectivity index (χ3v) is 4.64. The third-order valence-electron chi connectivity index (χ3n) is 3.73. The summed E-state index contributed by atoms with van der Waals surface area (Å²) in [7, 11) is 0. The summed E-state index contributed by atoms with van der Waals surface area (Å²) in [6.07, 6.45) is 1.92. The quantitative estimate of drug-likeness (QED) is 0.496. The number of benzene rings is 2. The maximum Gasteiger partial charge on any atom is 0.247 e. The minimum atomic E-state index is 0.549. The molecule has 1 N–H and O–H groups in total. The van der Waals surface area contributed by atoms with Gasteiger partial charge in [0, 0.05) is 23.0 Å². The summed E-state index contributed by atoms with van der Waals surface area (Å²) in [5, 5.41) is 9.44. The highest BCUT2D eigenvalue weighted by Crippen LogP contribution is 2.23. The van der Waals surface area contributed by atoms with Crippen LogP contribution >= 0.6 is 11.8 Å². The van der Waals surface area contributed by atoms with E-state index in [0.29, 0.717) is 24.1 Å². The van der Waals surface area contributed by atoms with Gasteiger partial charge in [-0.3, -0.25) is 0 Å². The summed E-state index contributed by atoms with van der Waals surface area (Å²) in [4.78, 5) is 3.19. The number of ether oxygens (including phenoxy) is 1. The second kappa shape index (κ2) is 7.44. The van der Waals surface area contributed by atoms with Gasteiger partial charge in [0.05, 0.1) is 12.4 Å². The maximum absolute atomic E-state index is 5.76. The highest BCUT2D eigenvalue weighted by molar-refractivity contribution is 7.98. The first-order valence-corrected chi connectivity index (χ1v) is 9.19. The number of hydrogen-bond acceptors (Lipinski definition) is 5. The molecular weight excluding hydrogens is 334 g/mol. The van der Waals surface area contributed by atoms with Crippen molar-refractivity contribution in [1.82, 2.24) is 15.2 Å². The summed E-state index contributed by atoms with van der Waals surface area (Å²) in [6, 6.07) is 17.9. The predicted molar refractivity (Wildman–Crippen MR) is 99.7 cm³/mol. The molecule has 0 aliphatic carbocycles. The zero-order valence-corrected chi connectivity index (χ0v) is 14.3. The minimum Gasteiger partial charge on any atom is -0.493 e. The molecule has 5 nitrogen and oxygen atoms in total. The van der Waals surface area contributed by atoms with E-state index < -0.39 is 0 Å². The van der Waals surface area contributed by atoms with E-state index in [2.05, 4.69) is 15.2 Å². The Kier molecular flexibility index (Phi) is 4.70. The van der Waals surface area contributed by atoms with Crippen LogP contribution in [0.3, 0.4) is 0 Å². The van der Waals surface area contributed by atoms with Gasteiger partial charge in [-0.05, 0) is 35.7 Å². The number of nitrogens with one attached hydrogen (secondary N) is 1. The standard InChI is InChI=1S/C19H17N3O2S/c1-2-4-16(5-3-1)23-10-11-25-13-18-21-22-19(24-18)15-7-6-14-8-9-20-17(14)12-15/h1-9,12,20H,10-11,13H2. The summed E-state index contributed by atoms with van der Waals surface area (Å²) < 4.78 is 11.4. The van der Waals surface area contributed by atoms with E-state index >= 15 is 0 Å². The van der Waals surface area contributed by atoms with Crippen LogP contribution in [0.15, 0.2) is 65.2 Å². The highest BCUT2D eigenvalue weighted by Gasteiger charge is 2.09. The molecule has 4 rings (SSSR count). The van der Waals surface area contributed by atoms with Gasteiger partial charge >= 0.3 is 0 Å². The molecule has 2 heterocycles. The number of rotatable bonds is 7. The molecule has 25 heavy (non-hydrogen) atoms. The van der Waals surface area contributed by atoms with E-state index in [1.54, 1.807) is 11.8 Å². The van der Waals surface area contributed by atoms with Crippen LogP contribution in [0, 0.1) is 0 Å². The van der Waals surface area contributed by atoms with Crippen molar-refractivity contribution in [3.63, 3.8) is 0 Å². The maximum atomic E-state index is 5.76. The first-order valence-electron chi connectivity index (χ1n) is 8.04. The largest absolute Gasteiger partial charge is 0.493 e. The van der Waals surface area contributed by atoms with Gasteiger partial charge in [-0.15, -0.1) is 22.0 Å². The number of aromatic nitrogens is 3. The predicted octanol–water partition coefficient (Wildman–Crippen LogP) is 4.53. The van der Waals surface area contributed by atoms with Crippen LogP contribution in [0.25, 0.3) is 22.4 Å². The van der Waals surface area contributed by atoms with Gasteiger partial charge in [-0.25, -0.2) is 0 Å². The molecule has 0 aliphatic heterocycles. The second-order valence-corrected chi connectivity index (χ2v) is 6.60. The summed E-state index contributed by atoms with van der Waals surface area (Å²) in [5.41, 5.74) is 1.98. The number of H-pyrrole nitrogens is 1. The molecule has 126 valence electrons. The van der Waals surface area contributed by atoms with Crippen molar-refractivity contribution in [3.8, 4) is 17.2 Å². The fraction of sp³-hybridized carbons (Fsp3) is 0.158. The first kappa shape index (κ1) is 15.8. The van der Waals surface area contributed by atoms with E-state index in [1.165, 1.54) is 0 Å². The van der Waals surface area contributed by atoms with E-state index in [9.17, 15) is 0 Å². The van der Waals surface area contributed by atoms with Crippen LogP contribution in [-0.4, -0.2) is 27.5 Å². The topological polar surface area (TPSA) is 63.9 Å². The van der Waals surface area contributed by atoms with Gasteiger partial charge in [-0.2, -0.15) is 0 Å². The van der Waals surface area contributed by atoms with Crippen molar-refractivity contribution in [3.05, 3.63) is 66.7 Å². The number of hydrogen-bond donors (Lipinski definition) is 1. The van der Waals surface area contributed by atoms with Crippen LogP contribution in [-0.2, 0) is 5.75 Å². The Balaban J connectivity index is 1.29. The Morgan fingerprint density at radius 2 is 1.96 bits per heavy atom. The summed E-state index contributed by atoms with van der Waals surface area (Å²) in [5.74, 6) is 3.61. The molecular formula is C19H17N3O2S. The molecule has 0 aliphatic rings. The molecule has 2 aromatic heterocycles. The van der Waals surface area contributed by atoms with Crippen molar-refractivity contribution < 1.29 is 9.15 Å². The Bertz CT molecular complexity index is 949. The molecule has 0 radical (unpaired) electrons. The molecule has 6 heteroatoms. The van der Waals surface area contributed by atoms with E-state index in [4.69, 9.17) is 9.15 Å². The molecule has 0 unspecified atom stereocenters. The van der Waals surface area contributed by atoms with Gasteiger partial charge in [0.2, 0.25) is 11.8 Å². The smallest absolute Gasteiger partial charge is 0.247 e. The van der Waals surface area contributed by atoms with Crippen LogP contribution < -0.4 is 4.74 Å². The number of aromatic amines is 1. The molecule has 4 aromatic rings. The number of nitrogens with zero attached hydrogens (tertiary/aromatic N) is 2. The molecule has 0 fully saturated rings. The average molecular weight is 351 g/mol. The van der Waals surface area contributed by atoms with Crippen LogP contribution in [0.1, 0.15) is 5.89 Å². The Morgan fingerprint density at radius 1 is 1.04 bits per heavy atom. The number of fused-ring (bicyclic) bond motifs is 1. The highest BCUT2D eigenvalue weighted by atomic mass is 32.2. The lowest BCUT2D eigenvalue weighted by Crippen LogP contribution is -2.00. The van der Waals surface area contributed by atoms with E-state index in [-0.39, 0.29) is 0 Å². The van der Waals surface area contributed by atoms with Crippen LogP contribution in [0.4, 0.5) is 0 Å². The van der Waals surface area contributed by atoms with Gasteiger partial charge in [-0.1, -0.05) is 24.3 Å². The van der Waals surface area contributed by atoms with Crippen molar-refractivity contribution in [2.24, 2.45) is 0 Å². The Hall–Kier alpha value is -2.73. The van der Waals surface area contributed by atoms with Crippen molar-refractivity contribution >= 4 is 22.7 Å². The fourth-order valence-corrected chi connectivity index (χ4v) is 3.14. The molecule has 0 spiro atoms. The lowest BCUT2D eigenvalue weighted by atomic mass is 10.2. The van der Waals surface area contributed by atoms with Gasteiger partial charge < -0.3 is 14.1 Å². The first-order chi connectivity index (χ1) is 12.4. The molecule has 2 aromatic carbocycles. The molecule has 0 saturated heterocycles.